The fraction of sp³-hybridized carbons (Fsp3) is 0.350. The molecule has 2 aromatic carbocycles. The molecule has 0 spiro atoms. The highest BCUT2D eigenvalue weighted by atomic mass is 16.5. The van der Waals surface area contributed by atoms with Crippen LogP contribution in [0, 0.1) is 6.92 Å². The Morgan fingerprint density at radius 1 is 1.24 bits per heavy atom. The Hall–Kier alpha value is -2.37. The predicted octanol–water partition coefficient (Wildman–Crippen LogP) is 3.34. The van der Waals surface area contributed by atoms with E-state index in [9.17, 15) is 0 Å². The van der Waals surface area contributed by atoms with Gasteiger partial charge in [0.2, 0.25) is 5.89 Å². The second-order valence-electron chi connectivity index (χ2n) is 6.67. The minimum atomic E-state index is 0.275. The maximum absolute atomic E-state index is 6.01. The van der Waals surface area contributed by atoms with E-state index < -0.39 is 0 Å². The molecule has 4 rings (SSSR count). The van der Waals surface area contributed by atoms with E-state index in [0.717, 1.165) is 59.6 Å². The van der Waals surface area contributed by atoms with Crippen molar-refractivity contribution < 1.29 is 9.15 Å². The van der Waals surface area contributed by atoms with Crippen molar-refractivity contribution in [3.8, 4) is 17.2 Å². The lowest BCUT2D eigenvalue weighted by Crippen LogP contribution is -2.26. The number of hydrogen-bond donors (Lipinski definition) is 1. The number of benzene rings is 2. The summed E-state index contributed by atoms with van der Waals surface area (Å²) in [5.74, 6) is 2.39. The molecule has 1 fully saturated rings. The lowest BCUT2D eigenvalue weighted by atomic mass is 10.0. The van der Waals surface area contributed by atoms with Crippen LogP contribution in [0.5, 0.6) is 5.75 Å². The molecule has 1 saturated heterocycles. The van der Waals surface area contributed by atoms with Crippen molar-refractivity contribution in [2.75, 3.05) is 20.2 Å². The zero-order valence-corrected chi connectivity index (χ0v) is 14.7. The van der Waals surface area contributed by atoms with Crippen LogP contribution >= 0.6 is 0 Å². The van der Waals surface area contributed by atoms with Gasteiger partial charge in [-0.15, -0.1) is 0 Å². The van der Waals surface area contributed by atoms with E-state index in [0.29, 0.717) is 5.89 Å². The highest BCUT2D eigenvalue weighted by Gasteiger charge is 2.22. The number of methoxy groups -OCH3 is 1. The zero-order chi connectivity index (χ0) is 17.4. The average molecular weight is 337 g/mol. The Kier molecular flexibility index (Phi) is 4.19. The number of aryl methyl sites for hydroxylation is 1. The molecule has 1 aromatic heterocycles. The summed E-state index contributed by atoms with van der Waals surface area (Å²) in [6.45, 7) is 4.71. The molecule has 1 aliphatic heterocycles. The summed E-state index contributed by atoms with van der Waals surface area (Å²) in [5.41, 5.74) is 7.98. The molecule has 2 N–H and O–H groups in total. The van der Waals surface area contributed by atoms with Crippen molar-refractivity contribution in [2.45, 2.75) is 25.9 Å². The molecule has 0 saturated carbocycles. The fourth-order valence-corrected chi connectivity index (χ4v) is 3.54. The highest BCUT2D eigenvalue weighted by Crippen LogP contribution is 2.34. The molecule has 1 atom stereocenters. The predicted molar refractivity (Wildman–Crippen MR) is 98.6 cm³/mol. The lowest BCUT2D eigenvalue weighted by molar-refractivity contribution is 0.321. The summed E-state index contributed by atoms with van der Waals surface area (Å²) in [7, 11) is 1.69. The molecule has 1 unspecified atom stereocenters. The maximum atomic E-state index is 6.01. The van der Waals surface area contributed by atoms with Gasteiger partial charge in [0.1, 0.15) is 11.5 Å². The fourth-order valence-electron chi connectivity index (χ4n) is 3.54. The molecule has 0 bridgehead atoms. The largest absolute Gasteiger partial charge is 0.496 e. The molecule has 25 heavy (non-hydrogen) atoms. The van der Waals surface area contributed by atoms with Gasteiger partial charge in [-0.25, -0.2) is 4.98 Å². The topological polar surface area (TPSA) is 64.5 Å². The first kappa shape index (κ1) is 16.1. The van der Waals surface area contributed by atoms with Crippen molar-refractivity contribution >= 4 is 10.8 Å². The Morgan fingerprint density at radius 3 is 2.76 bits per heavy atom. The molecular formula is C20H23N3O2. The average Bonchev–Trinajstić information content (AvgIpc) is 3.20. The minimum Gasteiger partial charge on any atom is -0.496 e. The number of hydrogen-bond acceptors (Lipinski definition) is 5. The second-order valence-corrected chi connectivity index (χ2v) is 6.67. The van der Waals surface area contributed by atoms with Gasteiger partial charge in [-0.2, -0.15) is 0 Å². The van der Waals surface area contributed by atoms with Gasteiger partial charge in [0.25, 0.3) is 0 Å². The Morgan fingerprint density at radius 2 is 2.04 bits per heavy atom. The van der Waals surface area contributed by atoms with Crippen LogP contribution in [-0.2, 0) is 6.54 Å². The first-order valence-corrected chi connectivity index (χ1v) is 8.66. The van der Waals surface area contributed by atoms with Gasteiger partial charge in [-0.3, -0.25) is 4.90 Å². The van der Waals surface area contributed by atoms with Crippen LogP contribution in [0.4, 0.5) is 0 Å². The summed E-state index contributed by atoms with van der Waals surface area (Å²) in [6.07, 6.45) is 1.05. The number of oxazole rings is 1. The molecule has 1 aliphatic rings. The Bertz CT molecular complexity index is 903. The number of fused-ring (bicyclic) bond motifs is 1. The number of likely N-dealkylation sites (tertiary alicyclic amines) is 1. The summed E-state index contributed by atoms with van der Waals surface area (Å²) in [5, 5.41) is 2.14. The molecule has 0 amide bonds. The molecular weight excluding hydrogens is 314 g/mol. The lowest BCUT2D eigenvalue weighted by Gasteiger charge is -2.13. The smallest absolute Gasteiger partial charge is 0.227 e. The van der Waals surface area contributed by atoms with Crippen LogP contribution in [-0.4, -0.2) is 36.1 Å². The van der Waals surface area contributed by atoms with Gasteiger partial charge in [-0.05, 0) is 30.9 Å². The van der Waals surface area contributed by atoms with Crippen LogP contribution in [0.15, 0.2) is 40.8 Å². The van der Waals surface area contributed by atoms with Gasteiger partial charge in [0.15, 0.2) is 0 Å². The standard InChI is InChI=1S/C20H23N3O2/c1-13-18(12-23-10-9-14(21)11-23)22-20(25-13)17-7-8-19(24-2)16-6-4-3-5-15(16)17/h3-8,14H,9-12,21H2,1-2H3. The van der Waals surface area contributed by atoms with Crippen molar-refractivity contribution in [1.82, 2.24) is 9.88 Å². The normalized spacial score (nSPS) is 18.1. The van der Waals surface area contributed by atoms with Crippen LogP contribution in [0.25, 0.3) is 22.2 Å². The molecule has 3 aromatic rings. The van der Waals surface area contributed by atoms with Crippen molar-refractivity contribution in [3.63, 3.8) is 0 Å². The third-order valence-corrected chi connectivity index (χ3v) is 4.91. The van der Waals surface area contributed by atoms with E-state index in [1.54, 1.807) is 7.11 Å². The molecule has 5 nitrogen and oxygen atoms in total. The van der Waals surface area contributed by atoms with Crippen LogP contribution in [0.3, 0.4) is 0 Å². The third-order valence-electron chi connectivity index (χ3n) is 4.91. The summed E-state index contributed by atoms with van der Waals surface area (Å²) in [4.78, 5) is 7.12. The van der Waals surface area contributed by atoms with Crippen LogP contribution in [0.1, 0.15) is 17.9 Å². The summed E-state index contributed by atoms with van der Waals surface area (Å²) in [6, 6.07) is 12.4. The quantitative estimate of drug-likeness (QED) is 0.791. The van der Waals surface area contributed by atoms with Crippen LogP contribution < -0.4 is 10.5 Å². The molecule has 2 heterocycles. The number of nitrogens with two attached hydrogens (primary N) is 1. The van der Waals surface area contributed by atoms with Gasteiger partial charge in [0, 0.05) is 36.6 Å². The van der Waals surface area contributed by atoms with Crippen molar-refractivity contribution in [3.05, 3.63) is 47.9 Å². The summed E-state index contributed by atoms with van der Waals surface area (Å²) >= 11 is 0. The van der Waals surface area contributed by atoms with Crippen LogP contribution in [0.2, 0.25) is 0 Å². The zero-order valence-electron chi connectivity index (χ0n) is 14.7. The van der Waals surface area contributed by atoms with E-state index in [1.165, 1.54) is 0 Å². The Labute approximate surface area is 147 Å². The molecule has 5 heteroatoms. The minimum absolute atomic E-state index is 0.275. The Balaban J connectivity index is 1.71. The van der Waals surface area contributed by atoms with Gasteiger partial charge in [-0.1, -0.05) is 24.3 Å². The van der Waals surface area contributed by atoms with E-state index in [1.807, 2.05) is 31.2 Å². The molecule has 0 aliphatic carbocycles. The monoisotopic (exact) mass is 337 g/mol. The van der Waals surface area contributed by atoms with Gasteiger partial charge in [0.05, 0.1) is 12.8 Å². The number of nitrogens with zero attached hydrogens (tertiary/aromatic N) is 2. The SMILES string of the molecule is COc1ccc(-c2nc(CN3CCC(N)C3)c(C)o2)c2ccccc12. The van der Waals surface area contributed by atoms with Gasteiger partial charge < -0.3 is 14.9 Å². The highest BCUT2D eigenvalue weighted by molar-refractivity contribution is 5.98. The van der Waals surface area contributed by atoms with Crippen molar-refractivity contribution in [2.24, 2.45) is 5.73 Å². The van der Waals surface area contributed by atoms with E-state index in [2.05, 4.69) is 17.0 Å². The van der Waals surface area contributed by atoms with E-state index >= 15 is 0 Å². The van der Waals surface area contributed by atoms with Crippen molar-refractivity contribution in [1.29, 1.82) is 0 Å². The number of rotatable bonds is 4. The second kappa shape index (κ2) is 6.50. The number of aromatic nitrogens is 1. The third kappa shape index (κ3) is 3.01. The molecule has 130 valence electrons. The molecule has 0 radical (unpaired) electrons. The first-order valence-electron chi connectivity index (χ1n) is 8.66. The number of ether oxygens (including phenoxy) is 1. The maximum Gasteiger partial charge on any atom is 0.227 e. The summed E-state index contributed by atoms with van der Waals surface area (Å²) < 4.78 is 11.5. The van der Waals surface area contributed by atoms with E-state index in [-0.39, 0.29) is 6.04 Å². The van der Waals surface area contributed by atoms with E-state index in [4.69, 9.17) is 19.9 Å². The first-order chi connectivity index (χ1) is 12.2. The van der Waals surface area contributed by atoms with Gasteiger partial charge >= 0.3 is 0 Å².